The van der Waals surface area contributed by atoms with Crippen LogP contribution in [0.5, 0.6) is 0 Å². The fraction of sp³-hybridized carbons (Fsp3) is 1.00. The molecule has 0 aromatic carbocycles. The van der Waals surface area contributed by atoms with Crippen LogP contribution in [0.2, 0.25) is 0 Å². The Morgan fingerprint density at radius 1 is 1.19 bits per heavy atom. The second-order valence-corrected chi connectivity index (χ2v) is 6.27. The van der Waals surface area contributed by atoms with Crippen molar-refractivity contribution in [2.45, 2.75) is 72.3 Å². The third-order valence-corrected chi connectivity index (χ3v) is 4.41. The van der Waals surface area contributed by atoms with E-state index in [2.05, 4.69) is 27.7 Å². The van der Waals surface area contributed by atoms with E-state index in [9.17, 15) is 5.11 Å². The van der Waals surface area contributed by atoms with E-state index in [1.807, 2.05) is 0 Å². The lowest BCUT2D eigenvalue weighted by Crippen LogP contribution is -2.32. The van der Waals surface area contributed by atoms with E-state index >= 15 is 0 Å². The van der Waals surface area contributed by atoms with Crippen molar-refractivity contribution in [3.63, 3.8) is 0 Å². The molecule has 4 atom stereocenters. The molecule has 1 aliphatic rings. The van der Waals surface area contributed by atoms with Gasteiger partial charge >= 0.3 is 0 Å². The lowest BCUT2D eigenvalue weighted by Gasteiger charge is -2.36. The van der Waals surface area contributed by atoms with Crippen LogP contribution < -0.4 is 0 Å². The van der Waals surface area contributed by atoms with Gasteiger partial charge in [-0.05, 0) is 49.4 Å². The van der Waals surface area contributed by atoms with Gasteiger partial charge in [0.25, 0.3) is 0 Å². The Kier molecular flexibility index (Phi) is 5.82. The Balaban J connectivity index is 2.43. The molecule has 16 heavy (non-hydrogen) atoms. The first-order valence-corrected chi connectivity index (χ1v) is 7.22. The Hall–Kier alpha value is -0.0400. The first-order valence-electron chi connectivity index (χ1n) is 7.22. The summed E-state index contributed by atoms with van der Waals surface area (Å²) in [6.45, 7) is 9.25. The zero-order valence-electron chi connectivity index (χ0n) is 11.6. The highest BCUT2D eigenvalue weighted by atomic mass is 16.3. The predicted molar refractivity (Wildman–Crippen MR) is 70.4 cm³/mol. The number of hydrogen-bond donors (Lipinski definition) is 1. The van der Waals surface area contributed by atoms with Crippen LogP contribution in [0.3, 0.4) is 0 Å². The molecule has 0 bridgehead atoms. The minimum Gasteiger partial charge on any atom is -0.393 e. The average molecular weight is 226 g/mol. The molecule has 1 fully saturated rings. The minimum atomic E-state index is -0.0192. The van der Waals surface area contributed by atoms with Crippen molar-refractivity contribution in [2.24, 2.45) is 23.7 Å². The molecule has 1 heteroatoms. The lowest BCUT2D eigenvalue weighted by atomic mass is 9.72. The molecule has 1 rings (SSSR count). The van der Waals surface area contributed by atoms with E-state index in [0.717, 1.165) is 24.2 Å². The van der Waals surface area contributed by atoms with Gasteiger partial charge in [0, 0.05) is 0 Å². The lowest BCUT2D eigenvalue weighted by molar-refractivity contribution is 0.0261. The van der Waals surface area contributed by atoms with Crippen molar-refractivity contribution in [2.75, 3.05) is 0 Å². The van der Waals surface area contributed by atoms with Crippen LogP contribution in [0.4, 0.5) is 0 Å². The summed E-state index contributed by atoms with van der Waals surface area (Å²) in [5.74, 6) is 3.00. The average Bonchev–Trinajstić information content (AvgIpc) is 2.21. The summed E-state index contributed by atoms with van der Waals surface area (Å²) in [5.41, 5.74) is 0. The van der Waals surface area contributed by atoms with Crippen LogP contribution in [0.1, 0.15) is 66.2 Å². The third-order valence-electron chi connectivity index (χ3n) is 4.41. The fourth-order valence-corrected chi connectivity index (χ4v) is 3.27. The van der Waals surface area contributed by atoms with Crippen molar-refractivity contribution in [3.05, 3.63) is 0 Å². The van der Waals surface area contributed by atoms with Gasteiger partial charge in [-0.15, -0.1) is 0 Å². The molecule has 1 aliphatic carbocycles. The summed E-state index contributed by atoms with van der Waals surface area (Å²) in [7, 11) is 0. The van der Waals surface area contributed by atoms with Gasteiger partial charge < -0.3 is 5.11 Å². The number of aliphatic hydroxyl groups is 1. The topological polar surface area (TPSA) is 20.2 Å². The molecule has 96 valence electrons. The van der Waals surface area contributed by atoms with Crippen molar-refractivity contribution in [1.29, 1.82) is 0 Å². The van der Waals surface area contributed by atoms with Crippen molar-refractivity contribution < 1.29 is 5.11 Å². The Labute approximate surface area is 102 Å². The monoisotopic (exact) mass is 226 g/mol. The molecule has 0 amide bonds. The highest BCUT2D eigenvalue weighted by Gasteiger charge is 2.31. The standard InChI is InChI=1S/C15H30O/c1-5-6-12(4)9-14-10-13(11(2)3)7-8-15(14)16/h11-16H,5-10H2,1-4H3. The highest BCUT2D eigenvalue weighted by Crippen LogP contribution is 2.37. The van der Waals surface area contributed by atoms with E-state index in [-0.39, 0.29) is 6.10 Å². The molecule has 4 unspecified atom stereocenters. The van der Waals surface area contributed by atoms with Gasteiger partial charge in [-0.25, -0.2) is 0 Å². The van der Waals surface area contributed by atoms with Crippen LogP contribution in [-0.4, -0.2) is 11.2 Å². The van der Waals surface area contributed by atoms with Crippen molar-refractivity contribution >= 4 is 0 Å². The summed E-state index contributed by atoms with van der Waals surface area (Å²) >= 11 is 0. The molecule has 0 heterocycles. The van der Waals surface area contributed by atoms with E-state index < -0.39 is 0 Å². The van der Waals surface area contributed by atoms with Crippen LogP contribution in [0, 0.1) is 23.7 Å². The van der Waals surface area contributed by atoms with E-state index in [4.69, 9.17) is 0 Å². The summed E-state index contributed by atoms with van der Waals surface area (Å²) in [5, 5.41) is 10.1. The molecule has 0 spiro atoms. The normalized spacial score (nSPS) is 33.0. The summed E-state index contributed by atoms with van der Waals surface area (Å²) in [6.07, 6.45) is 7.33. The van der Waals surface area contributed by atoms with Gasteiger partial charge in [0.05, 0.1) is 6.10 Å². The fourth-order valence-electron chi connectivity index (χ4n) is 3.27. The molecular formula is C15H30O. The van der Waals surface area contributed by atoms with Gasteiger partial charge in [0.1, 0.15) is 0 Å². The van der Waals surface area contributed by atoms with E-state index in [0.29, 0.717) is 5.92 Å². The molecule has 0 aromatic rings. The first-order chi connectivity index (χ1) is 7.54. The quantitative estimate of drug-likeness (QED) is 0.743. The first kappa shape index (κ1) is 14.0. The number of hydrogen-bond acceptors (Lipinski definition) is 1. The molecule has 1 saturated carbocycles. The SMILES string of the molecule is CCCC(C)CC1CC(C(C)C)CCC1O. The third kappa shape index (κ3) is 4.08. The molecule has 1 nitrogen and oxygen atoms in total. The zero-order chi connectivity index (χ0) is 12.1. The number of rotatable bonds is 5. The van der Waals surface area contributed by atoms with Gasteiger partial charge in [-0.2, -0.15) is 0 Å². The number of aliphatic hydroxyl groups excluding tert-OH is 1. The summed E-state index contributed by atoms with van der Waals surface area (Å²) in [6, 6.07) is 0. The highest BCUT2D eigenvalue weighted by molar-refractivity contribution is 4.82. The van der Waals surface area contributed by atoms with Gasteiger partial charge in [-0.1, -0.05) is 40.5 Å². The van der Waals surface area contributed by atoms with E-state index in [1.165, 1.54) is 32.1 Å². The van der Waals surface area contributed by atoms with Gasteiger partial charge in [0.2, 0.25) is 0 Å². The zero-order valence-corrected chi connectivity index (χ0v) is 11.6. The van der Waals surface area contributed by atoms with Crippen LogP contribution in [-0.2, 0) is 0 Å². The molecular weight excluding hydrogens is 196 g/mol. The van der Waals surface area contributed by atoms with Gasteiger partial charge in [-0.3, -0.25) is 0 Å². The molecule has 0 radical (unpaired) electrons. The second-order valence-electron chi connectivity index (χ2n) is 6.27. The van der Waals surface area contributed by atoms with Crippen LogP contribution in [0.25, 0.3) is 0 Å². The molecule has 0 aromatic heterocycles. The molecule has 0 aliphatic heterocycles. The maximum Gasteiger partial charge on any atom is 0.0568 e. The molecule has 0 saturated heterocycles. The smallest absolute Gasteiger partial charge is 0.0568 e. The van der Waals surface area contributed by atoms with Crippen LogP contribution >= 0.6 is 0 Å². The molecule has 1 N–H and O–H groups in total. The Morgan fingerprint density at radius 2 is 1.88 bits per heavy atom. The minimum absolute atomic E-state index is 0.0192. The largest absolute Gasteiger partial charge is 0.393 e. The summed E-state index contributed by atoms with van der Waals surface area (Å²) < 4.78 is 0. The van der Waals surface area contributed by atoms with Crippen molar-refractivity contribution in [3.8, 4) is 0 Å². The second kappa shape index (κ2) is 6.64. The Morgan fingerprint density at radius 3 is 2.44 bits per heavy atom. The maximum absolute atomic E-state index is 10.1. The van der Waals surface area contributed by atoms with E-state index in [1.54, 1.807) is 0 Å². The van der Waals surface area contributed by atoms with Crippen LogP contribution in [0.15, 0.2) is 0 Å². The summed E-state index contributed by atoms with van der Waals surface area (Å²) in [4.78, 5) is 0. The maximum atomic E-state index is 10.1. The van der Waals surface area contributed by atoms with Gasteiger partial charge in [0.15, 0.2) is 0 Å². The predicted octanol–water partition coefficient (Wildman–Crippen LogP) is 4.25. The van der Waals surface area contributed by atoms with Crippen molar-refractivity contribution in [1.82, 2.24) is 0 Å². The Bertz CT molecular complexity index is 188.